The van der Waals surface area contributed by atoms with Crippen molar-refractivity contribution < 1.29 is 13.2 Å². The summed E-state index contributed by atoms with van der Waals surface area (Å²) < 4.78 is 31.2. The SMILES string of the molecule is O=S(=O)(NC1COCC1Br)c1cn[nH]c1. The maximum atomic E-state index is 11.7. The molecule has 2 heterocycles. The van der Waals surface area contributed by atoms with E-state index < -0.39 is 10.0 Å². The highest BCUT2D eigenvalue weighted by atomic mass is 79.9. The monoisotopic (exact) mass is 295 g/mol. The van der Waals surface area contributed by atoms with E-state index in [0.29, 0.717) is 13.2 Å². The molecule has 2 unspecified atom stereocenters. The van der Waals surface area contributed by atoms with Crippen LogP contribution in [0.2, 0.25) is 0 Å². The Morgan fingerprint density at radius 1 is 1.60 bits per heavy atom. The molecule has 2 rings (SSSR count). The van der Waals surface area contributed by atoms with Gasteiger partial charge in [-0.2, -0.15) is 5.10 Å². The molecule has 1 fully saturated rings. The van der Waals surface area contributed by atoms with Crippen molar-refractivity contribution in [1.82, 2.24) is 14.9 Å². The molecule has 6 nitrogen and oxygen atoms in total. The quantitative estimate of drug-likeness (QED) is 0.760. The van der Waals surface area contributed by atoms with Gasteiger partial charge in [-0.3, -0.25) is 5.10 Å². The van der Waals surface area contributed by atoms with Gasteiger partial charge in [-0.25, -0.2) is 13.1 Å². The molecule has 8 heteroatoms. The minimum atomic E-state index is -3.49. The summed E-state index contributed by atoms with van der Waals surface area (Å²) in [5.74, 6) is 0. The standard InChI is InChI=1S/C7H10BrN3O3S/c8-6-3-14-4-7(6)11-15(12,13)5-1-9-10-2-5/h1-2,6-7,11H,3-4H2,(H,9,10). The largest absolute Gasteiger partial charge is 0.379 e. The first-order valence-electron chi connectivity index (χ1n) is 4.32. The number of aromatic nitrogens is 2. The first kappa shape index (κ1) is 11.1. The fourth-order valence-corrected chi connectivity index (χ4v) is 3.10. The molecule has 0 aliphatic carbocycles. The number of aromatic amines is 1. The Morgan fingerprint density at radius 3 is 2.93 bits per heavy atom. The van der Waals surface area contributed by atoms with Crippen LogP contribution in [0.1, 0.15) is 0 Å². The van der Waals surface area contributed by atoms with E-state index in [2.05, 4.69) is 30.8 Å². The summed E-state index contributed by atoms with van der Waals surface area (Å²) in [5.41, 5.74) is 0. The predicted octanol–water partition coefficient (Wildman–Crippen LogP) is -0.150. The van der Waals surface area contributed by atoms with Crippen LogP contribution in [-0.2, 0) is 14.8 Å². The average Bonchev–Trinajstić information content (AvgIpc) is 2.77. The highest BCUT2D eigenvalue weighted by molar-refractivity contribution is 9.09. The highest BCUT2D eigenvalue weighted by Crippen LogP contribution is 2.16. The molecule has 1 aromatic rings. The zero-order valence-corrected chi connectivity index (χ0v) is 10.1. The number of nitrogens with zero attached hydrogens (tertiary/aromatic N) is 1. The molecule has 2 atom stereocenters. The fourth-order valence-electron chi connectivity index (χ4n) is 1.29. The molecule has 0 spiro atoms. The van der Waals surface area contributed by atoms with Gasteiger partial charge in [0.1, 0.15) is 4.90 Å². The van der Waals surface area contributed by atoms with Crippen LogP contribution in [0, 0.1) is 0 Å². The van der Waals surface area contributed by atoms with Gasteiger partial charge in [-0.05, 0) is 0 Å². The van der Waals surface area contributed by atoms with E-state index in [1.54, 1.807) is 0 Å². The molecule has 84 valence electrons. The van der Waals surface area contributed by atoms with Crippen molar-refractivity contribution in [3.63, 3.8) is 0 Å². The van der Waals surface area contributed by atoms with Crippen LogP contribution in [0.5, 0.6) is 0 Å². The van der Waals surface area contributed by atoms with Crippen LogP contribution in [0.25, 0.3) is 0 Å². The Kier molecular flexibility index (Phi) is 3.10. The normalized spacial score (nSPS) is 27.0. The van der Waals surface area contributed by atoms with Crippen LogP contribution in [0.15, 0.2) is 17.3 Å². The topological polar surface area (TPSA) is 84.1 Å². The maximum Gasteiger partial charge on any atom is 0.244 e. The molecule has 2 N–H and O–H groups in total. The van der Waals surface area contributed by atoms with Crippen LogP contribution in [0.4, 0.5) is 0 Å². The number of hydrogen-bond donors (Lipinski definition) is 2. The van der Waals surface area contributed by atoms with Gasteiger partial charge in [-0.15, -0.1) is 0 Å². The van der Waals surface area contributed by atoms with E-state index in [9.17, 15) is 8.42 Å². The van der Waals surface area contributed by atoms with Crippen molar-refractivity contribution in [3.05, 3.63) is 12.4 Å². The zero-order valence-electron chi connectivity index (χ0n) is 7.68. The summed E-state index contributed by atoms with van der Waals surface area (Å²) in [7, 11) is -3.49. The molecule has 0 radical (unpaired) electrons. The lowest BCUT2D eigenvalue weighted by atomic mass is 10.3. The van der Waals surface area contributed by atoms with Gasteiger partial charge in [0.2, 0.25) is 10.0 Å². The Hall–Kier alpha value is -0.440. The summed E-state index contributed by atoms with van der Waals surface area (Å²) in [6.07, 6.45) is 2.60. The van der Waals surface area contributed by atoms with Crippen molar-refractivity contribution in [2.45, 2.75) is 15.8 Å². The number of nitrogens with one attached hydrogen (secondary N) is 2. The van der Waals surface area contributed by atoms with E-state index in [0.717, 1.165) is 0 Å². The molecule has 0 saturated carbocycles. The first-order valence-corrected chi connectivity index (χ1v) is 6.72. The third kappa shape index (κ3) is 2.39. The second-order valence-electron chi connectivity index (χ2n) is 3.22. The zero-order chi connectivity index (χ0) is 10.9. The summed E-state index contributed by atoms with van der Waals surface area (Å²) in [6, 6.07) is -0.232. The summed E-state index contributed by atoms with van der Waals surface area (Å²) in [6.45, 7) is 0.894. The number of sulfonamides is 1. The molecule has 1 aliphatic rings. The maximum absolute atomic E-state index is 11.7. The van der Waals surface area contributed by atoms with E-state index in [1.807, 2.05) is 0 Å². The number of hydrogen-bond acceptors (Lipinski definition) is 4. The molecule has 1 saturated heterocycles. The number of alkyl halides is 1. The van der Waals surface area contributed by atoms with Gasteiger partial charge < -0.3 is 4.74 Å². The lowest BCUT2D eigenvalue weighted by Gasteiger charge is -2.13. The third-order valence-corrected chi connectivity index (χ3v) is 4.46. The van der Waals surface area contributed by atoms with Crippen LogP contribution in [-0.4, -0.2) is 42.7 Å². The second-order valence-corrected chi connectivity index (χ2v) is 6.11. The van der Waals surface area contributed by atoms with Gasteiger partial charge in [0.25, 0.3) is 0 Å². The summed E-state index contributed by atoms with van der Waals surface area (Å²) in [5, 5.41) is 6.05. The molecule has 0 amide bonds. The minimum absolute atomic E-state index is 0.0131. The number of rotatable bonds is 3. The van der Waals surface area contributed by atoms with Gasteiger partial charge in [0, 0.05) is 6.20 Å². The minimum Gasteiger partial charge on any atom is -0.379 e. The Bertz CT molecular complexity index is 419. The number of ether oxygens (including phenoxy) is 1. The summed E-state index contributed by atoms with van der Waals surface area (Å²) in [4.78, 5) is 0.147. The smallest absolute Gasteiger partial charge is 0.244 e. The van der Waals surface area contributed by atoms with Crippen molar-refractivity contribution in [1.29, 1.82) is 0 Å². The summed E-state index contributed by atoms with van der Waals surface area (Å²) >= 11 is 3.35. The van der Waals surface area contributed by atoms with E-state index in [-0.39, 0.29) is 15.8 Å². The van der Waals surface area contributed by atoms with Gasteiger partial charge in [-0.1, -0.05) is 15.9 Å². The molecule has 0 bridgehead atoms. The van der Waals surface area contributed by atoms with E-state index >= 15 is 0 Å². The van der Waals surface area contributed by atoms with Crippen LogP contribution >= 0.6 is 15.9 Å². The molecule has 1 aromatic heterocycles. The number of H-pyrrole nitrogens is 1. The van der Waals surface area contributed by atoms with Crippen molar-refractivity contribution >= 4 is 26.0 Å². The molecular weight excluding hydrogens is 286 g/mol. The van der Waals surface area contributed by atoms with Crippen LogP contribution in [0.3, 0.4) is 0 Å². The molecule has 0 aromatic carbocycles. The fraction of sp³-hybridized carbons (Fsp3) is 0.571. The molecule has 15 heavy (non-hydrogen) atoms. The lowest BCUT2D eigenvalue weighted by Crippen LogP contribution is -2.40. The van der Waals surface area contributed by atoms with Crippen molar-refractivity contribution in [3.8, 4) is 0 Å². The number of halogens is 1. The van der Waals surface area contributed by atoms with E-state index in [1.165, 1.54) is 12.4 Å². The van der Waals surface area contributed by atoms with Crippen molar-refractivity contribution in [2.24, 2.45) is 0 Å². The Morgan fingerprint density at radius 2 is 2.40 bits per heavy atom. The third-order valence-electron chi connectivity index (χ3n) is 2.10. The average molecular weight is 296 g/mol. The predicted molar refractivity (Wildman–Crippen MR) is 56.2 cm³/mol. The first-order chi connectivity index (χ1) is 7.09. The lowest BCUT2D eigenvalue weighted by molar-refractivity contribution is 0.193. The van der Waals surface area contributed by atoms with Gasteiger partial charge >= 0.3 is 0 Å². The highest BCUT2D eigenvalue weighted by Gasteiger charge is 2.30. The van der Waals surface area contributed by atoms with E-state index in [4.69, 9.17) is 4.74 Å². The second kappa shape index (κ2) is 4.20. The van der Waals surface area contributed by atoms with Gasteiger partial charge in [0.15, 0.2) is 0 Å². The van der Waals surface area contributed by atoms with Gasteiger partial charge in [0.05, 0.1) is 30.3 Å². The Balaban J connectivity index is 2.11. The molecular formula is C7H10BrN3O3S. The van der Waals surface area contributed by atoms with Crippen molar-refractivity contribution in [2.75, 3.05) is 13.2 Å². The Labute approximate surface area is 95.6 Å². The van der Waals surface area contributed by atoms with Crippen LogP contribution < -0.4 is 4.72 Å². The molecule has 1 aliphatic heterocycles.